The van der Waals surface area contributed by atoms with E-state index in [1.165, 1.54) is 25.9 Å². The molecular formula is C11H15IOS. The lowest BCUT2D eigenvalue weighted by atomic mass is 9.98. The molecule has 1 unspecified atom stereocenters. The Bertz CT molecular complexity index is 301. The van der Waals surface area contributed by atoms with Gasteiger partial charge in [0.25, 0.3) is 0 Å². The molecule has 1 nitrogen and oxygen atoms in total. The molecule has 0 heterocycles. The first kappa shape index (κ1) is 12.3. The van der Waals surface area contributed by atoms with Crippen LogP contribution in [0, 0.1) is 13.8 Å². The third-order valence-electron chi connectivity index (χ3n) is 2.52. The Labute approximate surface area is 102 Å². The summed E-state index contributed by atoms with van der Waals surface area (Å²) in [7, 11) is 1.41. The molecule has 1 rings (SSSR count). The highest BCUT2D eigenvalue weighted by atomic mass is 127. The molecule has 0 radical (unpaired) electrons. The Hall–Kier alpha value is 0.260. The lowest BCUT2D eigenvalue weighted by molar-refractivity contribution is 0.246. The highest BCUT2D eigenvalue weighted by molar-refractivity contribution is 14.2. The Balaban J connectivity index is 2.97. The molecule has 1 atom stereocenters. The van der Waals surface area contributed by atoms with Crippen molar-refractivity contribution in [3.63, 3.8) is 0 Å². The third-order valence-corrected chi connectivity index (χ3v) is 3.44. The topological polar surface area (TPSA) is 9.23 Å². The molecule has 0 bridgehead atoms. The summed E-state index contributed by atoms with van der Waals surface area (Å²) in [6.45, 7) is 6.45. The molecule has 0 spiro atoms. The molecule has 0 saturated carbocycles. The molecule has 0 aliphatic carbocycles. The van der Waals surface area contributed by atoms with E-state index in [0.29, 0.717) is 0 Å². The Kier molecular flexibility index (Phi) is 5.26. The zero-order valence-electron chi connectivity index (χ0n) is 8.71. The zero-order valence-corrected chi connectivity index (χ0v) is 11.7. The number of hydrogen-bond acceptors (Lipinski definition) is 2. The number of halogens is 1. The first-order valence-electron chi connectivity index (χ1n) is 4.70. The van der Waals surface area contributed by atoms with Gasteiger partial charge in [0.2, 0.25) is 0 Å². The van der Waals surface area contributed by atoms with Gasteiger partial charge in [0.1, 0.15) is 0 Å². The lowest BCUT2D eigenvalue weighted by Crippen LogP contribution is -2.01. The fourth-order valence-electron chi connectivity index (χ4n) is 1.51. The highest BCUT2D eigenvalue weighted by Gasteiger charge is 2.13. The highest BCUT2D eigenvalue weighted by Crippen LogP contribution is 2.31. The van der Waals surface area contributed by atoms with Crippen LogP contribution in [0.2, 0.25) is 0 Å². The summed E-state index contributed by atoms with van der Waals surface area (Å²) in [6, 6.07) is 6.40. The molecule has 1 aromatic carbocycles. The summed E-state index contributed by atoms with van der Waals surface area (Å²) in [5, 5.41) is 0. The van der Waals surface area contributed by atoms with Crippen LogP contribution >= 0.6 is 30.4 Å². The van der Waals surface area contributed by atoms with Crippen LogP contribution in [-0.4, -0.2) is 0 Å². The van der Waals surface area contributed by atoms with Crippen molar-refractivity contribution in [2.45, 2.75) is 33.3 Å². The largest absolute Gasteiger partial charge is 0.297 e. The molecular weight excluding hydrogens is 307 g/mol. The molecule has 0 saturated heterocycles. The van der Waals surface area contributed by atoms with Gasteiger partial charge in [0.05, 0.1) is 15.3 Å². The van der Waals surface area contributed by atoms with Crippen LogP contribution < -0.4 is 0 Å². The molecule has 0 aliphatic heterocycles. The Morgan fingerprint density at radius 1 is 1.43 bits per heavy atom. The van der Waals surface area contributed by atoms with Crippen LogP contribution in [0.5, 0.6) is 0 Å². The van der Waals surface area contributed by atoms with Crippen molar-refractivity contribution in [1.82, 2.24) is 0 Å². The van der Waals surface area contributed by atoms with Crippen LogP contribution in [0.15, 0.2) is 18.2 Å². The number of aryl methyl sites for hydroxylation is 1. The van der Waals surface area contributed by atoms with Gasteiger partial charge in [-0.15, -0.1) is 0 Å². The summed E-state index contributed by atoms with van der Waals surface area (Å²) >= 11 is 2.17. The van der Waals surface area contributed by atoms with E-state index in [4.69, 9.17) is 4.18 Å². The summed E-state index contributed by atoms with van der Waals surface area (Å²) in [5.74, 6) is 0. The van der Waals surface area contributed by atoms with Gasteiger partial charge in [-0.3, -0.25) is 4.18 Å². The number of hydrogen-bond donors (Lipinski definition) is 0. The predicted molar refractivity (Wildman–Crippen MR) is 71.6 cm³/mol. The average Bonchev–Trinajstić information content (AvgIpc) is 2.19. The normalized spacial score (nSPS) is 12.9. The predicted octanol–water partition coefficient (Wildman–Crippen LogP) is 4.77. The summed E-state index contributed by atoms with van der Waals surface area (Å²) in [4.78, 5) is 0. The van der Waals surface area contributed by atoms with E-state index in [-0.39, 0.29) is 6.10 Å². The van der Waals surface area contributed by atoms with Gasteiger partial charge >= 0.3 is 0 Å². The van der Waals surface area contributed by atoms with Crippen LogP contribution in [0.1, 0.15) is 36.1 Å². The maximum absolute atomic E-state index is 5.62. The van der Waals surface area contributed by atoms with Crippen LogP contribution in [0.4, 0.5) is 0 Å². The second kappa shape index (κ2) is 5.98. The molecule has 0 N–H and O–H groups in total. The molecule has 14 heavy (non-hydrogen) atoms. The van der Waals surface area contributed by atoms with E-state index in [1.54, 1.807) is 0 Å². The minimum atomic E-state index is 0.219. The minimum absolute atomic E-state index is 0.219. The van der Waals surface area contributed by atoms with Gasteiger partial charge in [0.15, 0.2) is 0 Å². The van der Waals surface area contributed by atoms with E-state index >= 15 is 0 Å². The second-order valence-corrected chi connectivity index (χ2v) is 4.74. The quantitative estimate of drug-likeness (QED) is 0.583. The maximum atomic E-state index is 5.62. The molecule has 78 valence electrons. The summed E-state index contributed by atoms with van der Waals surface area (Å²) in [6.07, 6.45) is 1.23. The number of rotatable bonds is 4. The van der Waals surface area contributed by atoms with Crippen molar-refractivity contribution in [2.75, 3.05) is 0 Å². The summed E-state index contributed by atoms with van der Waals surface area (Å²) < 4.78 is 5.62. The zero-order chi connectivity index (χ0) is 10.6. The monoisotopic (exact) mass is 322 g/mol. The maximum Gasteiger partial charge on any atom is 0.0981 e. The van der Waals surface area contributed by atoms with Gasteiger partial charge in [-0.05, 0) is 37.0 Å². The lowest BCUT2D eigenvalue weighted by Gasteiger charge is -2.17. The Morgan fingerprint density at radius 2 is 2.14 bits per heavy atom. The van der Waals surface area contributed by atoms with Crippen molar-refractivity contribution in [3.05, 3.63) is 34.9 Å². The van der Waals surface area contributed by atoms with E-state index in [2.05, 4.69) is 60.2 Å². The fourth-order valence-corrected chi connectivity index (χ4v) is 2.59. The van der Waals surface area contributed by atoms with Gasteiger partial charge < -0.3 is 0 Å². The van der Waals surface area contributed by atoms with E-state index in [0.717, 1.165) is 6.42 Å². The van der Waals surface area contributed by atoms with Crippen LogP contribution in [0.25, 0.3) is 0 Å². The van der Waals surface area contributed by atoms with Gasteiger partial charge in [-0.25, -0.2) is 0 Å². The SMILES string of the molecule is CCC(OSI)c1cccc(C)c1C. The molecule has 0 fully saturated rings. The number of benzene rings is 1. The fraction of sp³-hybridized carbons (Fsp3) is 0.455. The smallest absolute Gasteiger partial charge is 0.0981 e. The first-order valence-corrected chi connectivity index (χ1v) is 7.99. The van der Waals surface area contributed by atoms with E-state index < -0.39 is 0 Å². The van der Waals surface area contributed by atoms with E-state index in [1.807, 2.05) is 0 Å². The standard InChI is InChI=1S/C11H15IOS/c1-4-11(13-14-12)10-7-5-6-8(2)9(10)3/h5-7,11H,4H2,1-3H3. The average molecular weight is 322 g/mol. The van der Waals surface area contributed by atoms with E-state index in [9.17, 15) is 0 Å². The molecule has 0 aromatic heterocycles. The summed E-state index contributed by atoms with van der Waals surface area (Å²) in [5.41, 5.74) is 4.00. The third kappa shape index (κ3) is 2.87. The molecule has 0 aliphatic rings. The molecule has 0 amide bonds. The van der Waals surface area contributed by atoms with Crippen LogP contribution in [0.3, 0.4) is 0 Å². The van der Waals surface area contributed by atoms with Gasteiger partial charge in [-0.1, -0.05) is 25.1 Å². The van der Waals surface area contributed by atoms with Gasteiger partial charge in [0, 0.05) is 21.2 Å². The first-order chi connectivity index (χ1) is 6.70. The second-order valence-electron chi connectivity index (χ2n) is 3.35. The van der Waals surface area contributed by atoms with Crippen molar-refractivity contribution in [3.8, 4) is 0 Å². The van der Waals surface area contributed by atoms with Crippen molar-refractivity contribution in [1.29, 1.82) is 0 Å². The Morgan fingerprint density at radius 3 is 2.71 bits per heavy atom. The van der Waals surface area contributed by atoms with Gasteiger partial charge in [-0.2, -0.15) is 0 Å². The van der Waals surface area contributed by atoms with Crippen molar-refractivity contribution < 1.29 is 4.18 Å². The molecule has 3 heteroatoms. The minimum Gasteiger partial charge on any atom is -0.297 e. The van der Waals surface area contributed by atoms with Crippen molar-refractivity contribution >= 4 is 30.4 Å². The van der Waals surface area contributed by atoms with Crippen molar-refractivity contribution in [2.24, 2.45) is 0 Å². The van der Waals surface area contributed by atoms with Crippen LogP contribution in [-0.2, 0) is 4.18 Å². The molecule has 1 aromatic rings.